The van der Waals surface area contributed by atoms with Crippen LogP contribution in [0.15, 0.2) is 53.4 Å². The van der Waals surface area contributed by atoms with Crippen molar-refractivity contribution in [2.45, 2.75) is 17.1 Å². The molecule has 0 aliphatic rings. The molecule has 6 nitrogen and oxygen atoms in total. The van der Waals surface area contributed by atoms with Crippen LogP contribution in [-0.4, -0.2) is 23.4 Å². The first kappa shape index (κ1) is 18.9. The topological polar surface area (TPSA) is 106 Å². The van der Waals surface area contributed by atoms with Crippen molar-refractivity contribution < 1.29 is 16.8 Å². The van der Waals surface area contributed by atoms with E-state index in [4.69, 9.17) is 16.7 Å². The highest BCUT2D eigenvalue weighted by Crippen LogP contribution is 2.17. The molecule has 2 aromatic carbocycles. The second-order valence-corrected chi connectivity index (χ2v) is 8.96. The van der Waals surface area contributed by atoms with Gasteiger partial charge >= 0.3 is 0 Å². The number of halogens is 1. The lowest BCUT2D eigenvalue weighted by molar-refractivity contribution is 0.580. The van der Waals surface area contributed by atoms with Crippen molar-refractivity contribution in [1.29, 1.82) is 0 Å². The summed E-state index contributed by atoms with van der Waals surface area (Å²) in [6, 6.07) is 12.7. The second kappa shape index (κ2) is 7.62. The zero-order valence-electron chi connectivity index (χ0n) is 12.6. The fraction of sp³-hybridized carbons (Fsp3) is 0.200. The molecule has 0 saturated carbocycles. The molecule has 24 heavy (non-hydrogen) atoms. The summed E-state index contributed by atoms with van der Waals surface area (Å²) in [5.41, 5.74) is 1.33. The van der Waals surface area contributed by atoms with Crippen LogP contribution in [0.25, 0.3) is 0 Å². The Morgan fingerprint density at radius 1 is 0.958 bits per heavy atom. The van der Waals surface area contributed by atoms with Crippen LogP contribution in [0.1, 0.15) is 11.1 Å². The van der Waals surface area contributed by atoms with Gasteiger partial charge in [0.1, 0.15) is 0 Å². The second-order valence-electron chi connectivity index (χ2n) is 5.18. The van der Waals surface area contributed by atoms with Crippen molar-refractivity contribution in [2.75, 3.05) is 6.54 Å². The number of nitrogens with two attached hydrogens (primary N) is 1. The van der Waals surface area contributed by atoms with Crippen molar-refractivity contribution in [2.24, 2.45) is 5.14 Å². The van der Waals surface area contributed by atoms with Crippen molar-refractivity contribution in [3.63, 3.8) is 0 Å². The average Bonchev–Trinajstić information content (AvgIpc) is 2.49. The average molecular weight is 389 g/mol. The molecule has 3 N–H and O–H groups in total. The number of benzene rings is 2. The van der Waals surface area contributed by atoms with Gasteiger partial charge in [0, 0.05) is 11.6 Å². The molecule has 0 amide bonds. The van der Waals surface area contributed by atoms with E-state index in [1.165, 1.54) is 12.1 Å². The predicted molar refractivity (Wildman–Crippen MR) is 93.6 cm³/mol. The van der Waals surface area contributed by atoms with E-state index < -0.39 is 20.0 Å². The summed E-state index contributed by atoms with van der Waals surface area (Å²) < 4.78 is 49.0. The summed E-state index contributed by atoms with van der Waals surface area (Å²) in [4.78, 5) is 0.0190. The maximum atomic E-state index is 12.1. The molecule has 130 valence electrons. The number of hydrogen-bond donors (Lipinski definition) is 2. The molecule has 0 bridgehead atoms. The summed E-state index contributed by atoms with van der Waals surface area (Å²) in [7, 11) is -7.24. The first-order valence-corrected chi connectivity index (χ1v) is 10.6. The van der Waals surface area contributed by atoms with E-state index in [2.05, 4.69) is 4.72 Å². The molecule has 0 fully saturated rings. The smallest absolute Gasteiger partial charge is 0.225 e. The van der Waals surface area contributed by atoms with Gasteiger partial charge in [0.2, 0.25) is 20.0 Å². The number of hydrogen-bond acceptors (Lipinski definition) is 4. The number of sulfonamides is 2. The molecule has 2 aromatic rings. The van der Waals surface area contributed by atoms with Gasteiger partial charge < -0.3 is 0 Å². The van der Waals surface area contributed by atoms with Gasteiger partial charge in [-0.3, -0.25) is 0 Å². The lowest BCUT2D eigenvalue weighted by Crippen LogP contribution is -2.27. The van der Waals surface area contributed by atoms with Crippen molar-refractivity contribution in [3.8, 4) is 0 Å². The Labute approximate surface area is 146 Å². The monoisotopic (exact) mass is 388 g/mol. The van der Waals surface area contributed by atoms with Gasteiger partial charge in [-0.25, -0.2) is 26.7 Å². The fourth-order valence-electron chi connectivity index (χ4n) is 2.07. The standard InChI is InChI=1S/C15H17ClN2O4S2/c16-15-4-2-1-3-13(15)11-23(19,20)18-10-9-12-5-7-14(8-6-12)24(17,21)22/h1-8,18H,9-11H2,(H2,17,21,22). The Morgan fingerprint density at radius 3 is 2.17 bits per heavy atom. The zero-order chi connectivity index (χ0) is 17.8. The molecular weight excluding hydrogens is 372 g/mol. The van der Waals surface area contributed by atoms with Gasteiger partial charge in [-0.2, -0.15) is 0 Å². The summed E-state index contributed by atoms with van der Waals surface area (Å²) in [5.74, 6) is -0.197. The molecule has 0 aliphatic heterocycles. The van der Waals surface area contributed by atoms with E-state index in [0.717, 1.165) is 5.56 Å². The predicted octanol–water partition coefficient (Wildman–Crippen LogP) is 1.65. The number of rotatable bonds is 7. The van der Waals surface area contributed by atoms with Crippen LogP contribution in [0, 0.1) is 0 Å². The van der Waals surface area contributed by atoms with Crippen LogP contribution in [-0.2, 0) is 32.2 Å². The largest absolute Gasteiger partial charge is 0.238 e. The molecule has 0 aliphatic carbocycles. The van der Waals surface area contributed by atoms with Crippen LogP contribution >= 0.6 is 11.6 Å². The lowest BCUT2D eigenvalue weighted by atomic mass is 10.2. The molecule has 0 radical (unpaired) electrons. The first-order chi connectivity index (χ1) is 11.2. The Hall–Kier alpha value is -1.45. The minimum Gasteiger partial charge on any atom is -0.225 e. The third kappa shape index (κ3) is 5.57. The van der Waals surface area contributed by atoms with Crippen molar-refractivity contribution in [3.05, 3.63) is 64.7 Å². The molecule has 2 rings (SSSR count). The Kier molecular flexibility index (Phi) is 6.00. The normalized spacial score (nSPS) is 12.2. The molecule has 0 unspecified atom stereocenters. The van der Waals surface area contributed by atoms with E-state index in [1.54, 1.807) is 36.4 Å². The molecule has 9 heteroatoms. The van der Waals surface area contributed by atoms with Crippen molar-refractivity contribution >= 4 is 31.6 Å². The Bertz CT molecular complexity index is 911. The maximum Gasteiger partial charge on any atom is 0.238 e. The molecule has 0 spiro atoms. The molecule has 0 heterocycles. The SMILES string of the molecule is NS(=O)(=O)c1ccc(CCNS(=O)(=O)Cc2ccccc2Cl)cc1. The highest BCUT2D eigenvalue weighted by molar-refractivity contribution is 7.89. The van der Waals surface area contributed by atoms with E-state index in [-0.39, 0.29) is 17.2 Å². The summed E-state index contributed by atoms with van der Waals surface area (Å²) in [6.45, 7) is 0.196. The third-order valence-electron chi connectivity index (χ3n) is 3.29. The van der Waals surface area contributed by atoms with Gasteiger partial charge in [-0.05, 0) is 35.7 Å². The Morgan fingerprint density at radius 2 is 1.58 bits per heavy atom. The quantitative estimate of drug-likeness (QED) is 0.751. The maximum absolute atomic E-state index is 12.1. The Balaban J connectivity index is 1.92. The zero-order valence-corrected chi connectivity index (χ0v) is 15.0. The minimum absolute atomic E-state index is 0.0190. The molecule has 0 aromatic heterocycles. The van der Waals surface area contributed by atoms with Crippen LogP contribution in [0.5, 0.6) is 0 Å². The van der Waals surface area contributed by atoms with E-state index in [1.807, 2.05) is 0 Å². The van der Waals surface area contributed by atoms with Crippen LogP contribution < -0.4 is 9.86 Å². The molecule has 0 saturated heterocycles. The highest BCUT2D eigenvalue weighted by Gasteiger charge is 2.13. The fourth-order valence-corrected chi connectivity index (χ4v) is 4.04. The van der Waals surface area contributed by atoms with Gasteiger partial charge in [0.25, 0.3) is 0 Å². The first-order valence-electron chi connectivity index (χ1n) is 7.00. The summed E-state index contributed by atoms with van der Waals surface area (Å²) >= 11 is 5.96. The van der Waals surface area contributed by atoms with E-state index >= 15 is 0 Å². The van der Waals surface area contributed by atoms with Gasteiger partial charge in [0.15, 0.2) is 0 Å². The number of primary sulfonamides is 1. The summed E-state index contributed by atoms with van der Waals surface area (Å²) in [5, 5.41) is 5.42. The van der Waals surface area contributed by atoms with Gasteiger partial charge in [-0.15, -0.1) is 0 Å². The lowest BCUT2D eigenvalue weighted by Gasteiger charge is -2.08. The highest BCUT2D eigenvalue weighted by atomic mass is 35.5. The minimum atomic E-state index is -3.73. The van der Waals surface area contributed by atoms with E-state index in [9.17, 15) is 16.8 Å². The van der Waals surface area contributed by atoms with Gasteiger partial charge in [-0.1, -0.05) is 41.9 Å². The third-order valence-corrected chi connectivity index (χ3v) is 5.92. The molecular formula is C15H17ClN2O4S2. The van der Waals surface area contributed by atoms with Crippen LogP contribution in [0.3, 0.4) is 0 Å². The van der Waals surface area contributed by atoms with E-state index in [0.29, 0.717) is 17.0 Å². The number of nitrogens with one attached hydrogen (secondary N) is 1. The van der Waals surface area contributed by atoms with Gasteiger partial charge in [0.05, 0.1) is 10.6 Å². The van der Waals surface area contributed by atoms with Crippen LogP contribution in [0.2, 0.25) is 5.02 Å². The van der Waals surface area contributed by atoms with Crippen molar-refractivity contribution in [1.82, 2.24) is 4.72 Å². The summed E-state index contributed by atoms with van der Waals surface area (Å²) in [6.07, 6.45) is 0.423. The van der Waals surface area contributed by atoms with Crippen LogP contribution in [0.4, 0.5) is 0 Å². The molecule has 0 atom stereocenters.